The van der Waals surface area contributed by atoms with Crippen molar-refractivity contribution >= 4 is 11.3 Å². The molecule has 1 aromatic heterocycles. The largest absolute Gasteiger partial charge is 0.377 e. The lowest BCUT2D eigenvalue weighted by molar-refractivity contribution is -0.0659. The summed E-state index contributed by atoms with van der Waals surface area (Å²) in [6.45, 7) is 4.34. The molecule has 1 heterocycles. The fourth-order valence-electron chi connectivity index (χ4n) is 2.85. The Hall–Kier alpha value is -0.450. The van der Waals surface area contributed by atoms with Crippen molar-refractivity contribution in [2.24, 2.45) is 11.7 Å². The van der Waals surface area contributed by atoms with Crippen molar-refractivity contribution in [2.75, 3.05) is 7.11 Å². The molecule has 1 saturated carbocycles. The fourth-order valence-corrected chi connectivity index (χ4v) is 3.68. The summed E-state index contributed by atoms with van der Waals surface area (Å²) < 4.78 is 5.82. The molecule has 1 atom stereocenters. The maximum absolute atomic E-state index is 6.42. The van der Waals surface area contributed by atoms with Crippen LogP contribution in [0.4, 0.5) is 0 Å². The maximum atomic E-state index is 6.42. The first-order valence-electron chi connectivity index (χ1n) is 6.77. The van der Waals surface area contributed by atoms with Gasteiger partial charge >= 0.3 is 0 Å². The van der Waals surface area contributed by atoms with Gasteiger partial charge in [0.1, 0.15) is 0 Å². The van der Waals surface area contributed by atoms with Gasteiger partial charge in [-0.15, -0.1) is 11.3 Å². The third kappa shape index (κ3) is 2.92. The van der Waals surface area contributed by atoms with Crippen LogP contribution in [0.2, 0.25) is 0 Å². The molecular weight excluding hydrogens is 244 g/mol. The Kier molecular flexibility index (Phi) is 4.41. The molecule has 102 valence electrons. The minimum absolute atomic E-state index is 0.0561. The van der Waals surface area contributed by atoms with Gasteiger partial charge in [-0.3, -0.25) is 0 Å². The van der Waals surface area contributed by atoms with Gasteiger partial charge in [0.2, 0.25) is 0 Å². The van der Waals surface area contributed by atoms with Gasteiger partial charge in [0.15, 0.2) is 0 Å². The Morgan fingerprint density at radius 3 is 2.72 bits per heavy atom. The Morgan fingerprint density at radius 2 is 2.22 bits per heavy atom. The first-order valence-corrected chi connectivity index (χ1v) is 7.65. The van der Waals surface area contributed by atoms with Crippen LogP contribution >= 0.6 is 11.3 Å². The lowest BCUT2D eigenvalue weighted by atomic mass is 9.75. The van der Waals surface area contributed by atoms with Crippen LogP contribution in [0.5, 0.6) is 0 Å². The molecule has 1 aromatic rings. The normalized spacial score (nSPS) is 30.3. The average Bonchev–Trinajstić information content (AvgIpc) is 2.76. The maximum Gasteiger partial charge on any atom is 0.0944 e. The fraction of sp³-hybridized carbons (Fsp3) is 0.786. The second-order valence-electron chi connectivity index (χ2n) is 5.64. The molecule has 4 heteroatoms. The molecule has 2 rings (SSSR count). The zero-order chi connectivity index (χ0) is 13.2. The van der Waals surface area contributed by atoms with Crippen molar-refractivity contribution in [1.29, 1.82) is 0 Å². The highest BCUT2D eigenvalue weighted by molar-refractivity contribution is 7.09. The highest BCUT2D eigenvalue weighted by Gasteiger charge is 2.39. The number of aryl methyl sites for hydroxylation is 1. The Morgan fingerprint density at radius 1 is 1.56 bits per heavy atom. The zero-order valence-corrected chi connectivity index (χ0v) is 12.4. The highest BCUT2D eigenvalue weighted by atomic mass is 32.1. The Labute approximate surface area is 114 Å². The van der Waals surface area contributed by atoms with Crippen molar-refractivity contribution in [3.63, 3.8) is 0 Å². The van der Waals surface area contributed by atoms with Crippen LogP contribution in [0.15, 0.2) is 5.38 Å². The lowest BCUT2D eigenvalue weighted by Crippen LogP contribution is -2.52. The Balaban J connectivity index is 2.03. The summed E-state index contributed by atoms with van der Waals surface area (Å²) in [5.41, 5.74) is 7.38. The number of aromatic nitrogens is 1. The number of hydrogen-bond donors (Lipinski definition) is 1. The van der Waals surface area contributed by atoms with Gasteiger partial charge < -0.3 is 10.5 Å². The zero-order valence-electron chi connectivity index (χ0n) is 11.6. The smallest absolute Gasteiger partial charge is 0.0944 e. The van der Waals surface area contributed by atoms with Crippen molar-refractivity contribution < 1.29 is 4.74 Å². The van der Waals surface area contributed by atoms with Crippen molar-refractivity contribution in [3.05, 3.63) is 16.1 Å². The molecule has 0 spiro atoms. The van der Waals surface area contributed by atoms with Crippen molar-refractivity contribution in [1.82, 2.24) is 4.98 Å². The van der Waals surface area contributed by atoms with Crippen molar-refractivity contribution in [2.45, 2.75) is 57.6 Å². The van der Waals surface area contributed by atoms with E-state index >= 15 is 0 Å². The van der Waals surface area contributed by atoms with E-state index in [1.54, 1.807) is 11.3 Å². The van der Waals surface area contributed by atoms with Gasteiger partial charge in [-0.05, 0) is 38.5 Å². The molecule has 1 unspecified atom stereocenters. The van der Waals surface area contributed by atoms with Crippen LogP contribution < -0.4 is 5.73 Å². The van der Waals surface area contributed by atoms with Crippen LogP contribution in [0, 0.1) is 12.8 Å². The van der Waals surface area contributed by atoms with Crippen LogP contribution in [-0.2, 0) is 11.2 Å². The third-order valence-corrected chi connectivity index (χ3v) is 5.25. The monoisotopic (exact) mass is 268 g/mol. The molecule has 1 aliphatic carbocycles. The number of rotatable bonds is 4. The first-order chi connectivity index (χ1) is 8.55. The van der Waals surface area contributed by atoms with Gasteiger partial charge in [0.05, 0.1) is 10.6 Å². The van der Waals surface area contributed by atoms with E-state index in [-0.39, 0.29) is 11.6 Å². The van der Waals surface area contributed by atoms with E-state index in [4.69, 9.17) is 10.5 Å². The summed E-state index contributed by atoms with van der Waals surface area (Å²) in [5.74, 6) is 0.808. The van der Waals surface area contributed by atoms with Crippen LogP contribution in [0.1, 0.15) is 43.3 Å². The van der Waals surface area contributed by atoms with Crippen LogP contribution in [0.3, 0.4) is 0 Å². The Bertz CT molecular complexity index is 383. The van der Waals surface area contributed by atoms with Crippen LogP contribution in [0.25, 0.3) is 0 Å². The molecule has 18 heavy (non-hydrogen) atoms. The molecule has 0 radical (unpaired) electrons. The minimum Gasteiger partial charge on any atom is -0.377 e. The number of nitrogens with zero attached hydrogens (tertiary/aromatic N) is 1. The number of ether oxygens (including phenoxy) is 1. The molecule has 1 aliphatic rings. The molecular formula is C14H24N2OS. The summed E-state index contributed by atoms with van der Waals surface area (Å²) in [6, 6.07) is 0.0561. The van der Waals surface area contributed by atoms with E-state index in [1.807, 2.05) is 14.0 Å². The van der Waals surface area contributed by atoms with E-state index in [0.29, 0.717) is 0 Å². The summed E-state index contributed by atoms with van der Waals surface area (Å²) in [7, 11) is 1.81. The number of nitrogens with two attached hydrogens (primary N) is 1. The van der Waals surface area contributed by atoms with E-state index in [0.717, 1.165) is 35.9 Å². The predicted octanol–water partition coefficient (Wildman–Crippen LogP) is 2.92. The predicted molar refractivity (Wildman–Crippen MR) is 75.9 cm³/mol. The topological polar surface area (TPSA) is 48.1 Å². The van der Waals surface area contributed by atoms with Gasteiger partial charge in [0, 0.05) is 30.6 Å². The van der Waals surface area contributed by atoms with E-state index in [9.17, 15) is 0 Å². The van der Waals surface area contributed by atoms with Crippen molar-refractivity contribution in [3.8, 4) is 0 Å². The number of methoxy groups -OCH3 is 1. The molecule has 0 saturated heterocycles. The molecule has 0 bridgehead atoms. The highest BCUT2D eigenvalue weighted by Crippen LogP contribution is 2.37. The van der Waals surface area contributed by atoms with Gasteiger partial charge in [0.25, 0.3) is 0 Å². The standard InChI is InChI=1S/C14H24N2OS/c1-10-4-6-14(17-3,7-5-10)12(15)8-13-16-11(2)9-18-13/h9-10,12H,4-8,15H2,1-3H3. The van der Waals surface area contributed by atoms with Crippen LogP contribution in [-0.4, -0.2) is 23.7 Å². The summed E-state index contributed by atoms with van der Waals surface area (Å²) >= 11 is 1.70. The van der Waals surface area contributed by atoms with E-state index < -0.39 is 0 Å². The molecule has 2 N–H and O–H groups in total. The average molecular weight is 268 g/mol. The quantitative estimate of drug-likeness (QED) is 0.913. The summed E-state index contributed by atoms with van der Waals surface area (Å²) in [5, 5.41) is 3.22. The molecule has 3 nitrogen and oxygen atoms in total. The number of thiazole rings is 1. The molecule has 0 amide bonds. The molecule has 1 fully saturated rings. The lowest BCUT2D eigenvalue weighted by Gasteiger charge is -2.42. The van der Waals surface area contributed by atoms with E-state index in [1.165, 1.54) is 12.8 Å². The third-order valence-electron chi connectivity index (χ3n) is 4.26. The van der Waals surface area contributed by atoms with Gasteiger partial charge in [-0.1, -0.05) is 6.92 Å². The molecule has 0 aliphatic heterocycles. The van der Waals surface area contributed by atoms with E-state index in [2.05, 4.69) is 17.3 Å². The first kappa shape index (κ1) is 14.0. The van der Waals surface area contributed by atoms with Gasteiger partial charge in [-0.2, -0.15) is 0 Å². The summed E-state index contributed by atoms with van der Waals surface area (Å²) in [4.78, 5) is 4.51. The summed E-state index contributed by atoms with van der Waals surface area (Å²) in [6.07, 6.45) is 5.43. The molecule has 0 aromatic carbocycles. The second-order valence-corrected chi connectivity index (χ2v) is 6.59. The number of hydrogen-bond acceptors (Lipinski definition) is 4. The second kappa shape index (κ2) is 5.68. The van der Waals surface area contributed by atoms with Gasteiger partial charge in [-0.25, -0.2) is 4.98 Å². The minimum atomic E-state index is -0.133. The SMILES string of the molecule is COC1(C(N)Cc2nc(C)cs2)CCC(C)CC1.